The zero-order valence-electron chi connectivity index (χ0n) is 14.1. The Labute approximate surface area is 154 Å². The van der Waals surface area contributed by atoms with Crippen LogP contribution in [-0.2, 0) is 9.53 Å². The standard InChI is InChI=1S/C19H17N3O3S/c1-2-25-19(24)16-13-20-22(14-7-4-3-5-8-14)18(16)21-17(23)11-10-15-9-6-12-26-15/h3-13H,2H2,1H3,(H,21,23). The molecule has 26 heavy (non-hydrogen) atoms. The van der Waals surface area contributed by atoms with Crippen LogP contribution in [-0.4, -0.2) is 28.3 Å². The third kappa shape index (κ3) is 4.07. The highest BCUT2D eigenvalue weighted by Crippen LogP contribution is 2.21. The predicted molar refractivity (Wildman–Crippen MR) is 102 cm³/mol. The number of anilines is 1. The number of para-hydroxylation sites is 1. The van der Waals surface area contributed by atoms with E-state index in [0.29, 0.717) is 0 Å². The smallest absolute Gasteiger partial charge is 0.343 e. The van der Waals surface area contributed by atoms with Crippen molar-refractivity contribution in [1.29, 1.82) is 0 Å². The summed E-state index contributed by atoms with van der Waals surface area (Å²) in [5, 5.41) is 8.90. The molecule has 0 unspecified atom stereocenters. The van der Waals surface area contributed by atoms with Crippen LogP contribution in [0.25, 0.3) is 11.8 Å². The Kier molecular flexibility index (Phi) is 5.60. The Hall–Kier alpha value is -3.19. The van der Waals surface area contributed by atoms with Crippen LogP contribution < -0.4 is 5.32 Å². The number of nitrogens with one attached hydrogen (secondary N) is 1. The van der Waals surface area contributed by atoms with Crippen LogP contribution in [0.3, 0.4) is 0 Å². The van der Waals surface area contributed by atoms with Crippen molar-refractivity contribution >= 4 is 35.1 Å². The quantitative estimate of drug-likeness (QED) is 0.532. The van der Waals surface area contributed by atoms with Gasteiger partial charge < -0.3 is 10.1 Å². The molecule has 132 valence electrons. The van der Waals surface area contributed by atoms with Crippen molar-refractivity contribution in [2.24, 2.45) is 0 Å². The minimum atomic E-state index is -0.535. The highest BCUT2D eigenvalue weighted by Gasteiger charge is 2.20. The summed E-state index contributed by atoms with van der Waals surface area (Å²) in [6.07, 6.45) is 4.53. The molecule has 0 aliphatic heterocycles. The second kappa shape index (κ2) is 8.26. The Morgan fingerprint density at radius 3 is 2.73 bits per heavy atom. The van der Waals surface area contributed by atoms with Crippen molar-refractivity contribution in [3.05, 3.63) is 70.6 Å². The Bertz CT molecular complexity index is 915. The van der Waals surface area contributed by atoms with Crippen molar-refractivity contribution in [1.82, 2.24) is 9.78 Å². The molecule has 1 amide bonds. The van der Waals surface area contributed by atoms with Crippen LogP contribution in [0.2, 0.25) is 0 Å². The molecule has 0 radical (unpaired) electrons. The molecule has 0 saturated carbocycles. The first-order valence-electron chi connectivity index (χ1n) is 8.02. The lowest BCUT2D eigenvalue weighted by Gasteiger charge is -2.09. The summed E-state index contributed by atoms with van der Waals surface area (Å²) in [6.45, 7) is 1.96. The number of benzene rings is 1. The van der Waals surface area contributed by atoms with E-state index in [-0.39, 0.29) is 23.9 Å². The van der Waals surface area contributed by atoms with Crippen LogP contribution >= 0.6 is 11.3 Å². The Morgan fingerprint density at radius 2 is 2.04 bits per heavy atom. The fourth-order valence-electron chi connectivity index (χ4n) is 2.29. The van der Waals surface area contributed by atoms with Gasteiger partial charge in [-0.3, -0.25) is 4.79 Å². The lowest BCUT2D eigenvalue weighted by Crippen LogP contribution is -2.16. The zero-order chi connectivity index (χ0) is 18.4. The molecule has 0 spiro atoms. The number of esters is 1. The van der Waals surface area contributed by atoms with Gasteiger partial charge in [-0.05, 0) is 36.6 Å². The number of carbonyl (C=O) groups is 2. The van der Waals surface area contributed by atoms with Gasteiger partial charge in [-0.25, -0.2) is 9.48 Å². The molecule has 6 nitrogen and oxygen atoms in total. The van der Waals surface area contributed by atoms with Crippen LogP contribution in [0.4, 0.5) is 5.82 Å². The highest BCUT2D eigenvalue weighted by molar-refractivity contribution is 7.10. The lowest BCUT2D eigenvalue weighted by atomic mass is 10.3. The van der Waals surface area contributed by atoms with Crippen LogP contribution in [0.5, 0.6) is 0 Å². The molecule has 0 aliphatic carbocycles. The topological polar surface area (TPSA) is 73.2 Å². The number of carbonyl (C=O) groups excluding carboxylic acids is 2. The average Bonchev–Trinajstić information content (AvgIpc) is 3.31. The Morgan fingerprint density at radius 1 is 1.23 bits per heavy atom. The number of aromatic nitrogens is 2. The molecule has 2 heterocycles. The van der Waals surface area contributed by atoms with Gasteiger partial charge in [-0.1, -0.05) is 24.3 Å². The average molecular weight is 367 g/mol. The SMILES string of the molecule is CCOC(=O)c1cnn(-c2ccccc2)c1NC(=O)C=Cc1cccs1. The summed E-state index contributed by atoms with van der Waals surface area (Å²) in [5.41, 5.74) is 0.925. The molecule has 0 atom stereocenters. The zero-order valence-corrected chi connectivity index (χ0v) is 14.9. The molecule has 0 fully saturated rings. The summed E-state index contributed by atoms with van der Waals surface area (Å²) < 4.78 is 6.56. The largest absolute Gasteiger partial charge is 0.462 e. The van der Waals surface area contributed by atoms with Crippen molar-refractivity contribution in [2.75, 3.05) is 11.9 Å². The van der Waals surface area contributed by atoms with Gasteiger partial charge in [-0.2, -0.15) is 5.10 Å². The van der Waals surface area contributed by atoms with Crippen molar-refractivity contribution in [3.8, 4) is 5.69 Å². The molecule has 2 aromatic heterocycles. The van der Waals surface area contributed by atoms with Crippen LogP contribution in [0.15, 0.2) is 60.1 Å². The fourth-order valence-corrected chi connectivity index (χ4v) is 2.91. The summed E-state index contributed by atoms with van der Waals surface area (Å²) in [6, 6.07) is 13.1. The molecule has 3 rings (SSSR count). The summed E-state index contributed by atoms with van der Waals surface area (Å²) in [4.78, 5) is 25.5. The number of rotatable bonds is 6. The number of nitrogens with zero attached hydrogens (tertiary/aromatic N) is 2. The molecule has 7 heteroatoms. The van der Waals surface area contributed by atoms with Crippen LogP contribution in [0.1, 0.15) is 22.2 Å². The fraction of sp³-hybridized carbons (Fsp3) is 0.105. The molecular weight excluding hydrogens is 350 g/mol. The first kappa shape index (κ1) is 17.6. The maximum absolute atomic E-state index is 12.3. The van der Waals surface area contributed by atoms with E-state index in [1.165, 1.54) is 28.3 Å². The second-order valence-electron chi connectivity index (χ2n) is 5.21. The van der Waals surface area contributed by atoms with E-state index in [1.54, 1.807) is 13.0 Å². The van der Waals surface area contributed by atoms with E-state index < -0.39 is 5.97 Å². The highest BCUT2D eigenvalue weighted by atomic mass is 32.1. The van der Waals surface area contributed by atoms with Gasteiger partial charge in [0.15, 0.2) is 5.82 Å². The first-order chi connectivity index (χ1) is 12.7. The monoisotopic (exact) mass is 367 g/mol. The van der Waals surface area contributed by atoms with Crippen molar-refractivity contribution < 1.29 is 14.3 Å². The van der Waals surface area contributed by atoms with E-state index in [4.69, 9.17) is 4.74 Å². The van der Waals surface area contributed by atoms with Gasteiger partial charge in [0.25, 0.3) is 0 Å². The second-order valence-corrected chi connectivity index (χ2v) is 6.19. The number of hydrogen-bond acceptors (Lipinski definition) is 5. The van der Waals surface area contributed by atoms with E-state index in [1.807, 2.05) is 47.8 Å². The first-order valence-corrected chi connectivity index (χ1v) is 8.90. The third-order valence-corrected chi connectivity index (χ3v) is 4.29. The Balaban J connectivity index is 1.90. The van der Waals surface area contributed by atoms with Crippen molar-refractivity contribution in [3.63, 3.8) is 0 Å². The number of ether oxygens (including phenoxy) is 1. The van der Waals surface area contributed by atoms with Gasteiger partial charge in [-0.15, -0.1) is 11.3 Å². The number of amides is 1. The van der Waals surface area contributed by atoms with E-state index in [2.05, 4.69) is 10.4 Å². The number of thiophene rings is 1. The molecule has 0 aliphatic rings. The molecule has 0 saturated heterocycles. The third-order valence-electron chi connectivity index (χ3n) is 3.45. The van der Waals surface area contributed by atoms with E-state index >= 15 is 0 Å². The van der Waals surface area contributed by atoms with Crippen molar-refractivity contribution in [2.45, 2.75) is 6.92 Å². The van der Waals surface area contributed by atoms with Crippen LogP contribution in [0, 0.1) is 0 Å². The summed E-state index contributed by atoms with van der Waals surface area (Å²) >= 11 is 1.53. The normalized spacial score (nSPS) is 10.8. The van der Waals surface area contributed by atoms with Gasteiger partial charge in [0, 0.05) is 11.0 Å². The van der Waals surface area contributed by atoms with E-state index in [9.17, 15) is 9.59 Å². The molecule has 1 N–H and O–H groups in total. The molecule has 0 bridgehead atoms. The van der Waals surface area contributed by atoms with Gasteiger partial charge in [0.05, 0.1) is 18.5 Å². The minimum absolute atomic E-state index is 0.202. The minimum Gasteiger partial charge on any atom is -0.462 e. The summed E-state index contributed by atoms with van der Waals surface area (Å²) in [5.74, 6) is -0.621. The van der Waals surface area contributed by atoms with Gasteiger partial charge >= 0.3 is 5.97 Å². The predicted octanol–water partition coefficient (Wildman–Crippen LogP) is 3.76. The maximum Gasteiger partial charge on any atom is 0.343 e. The summed E-state index contributed by atoms with van der Waals surface area (Å²) in [7, 11) is 0. The molecule has 1 aromatic carbocycles. The number of hydrogen-bond donors (Lipinski definition) is 1. The molecular formula is C19H17N3O3S. The molecule has 3 aromatic rings. The van der Waals surface area contributed by atoms with Gasteiger partial charge in [0.2, 0.25) is 5.91 Å². The van der Waals surface area contributed by atoms with Gasteiger partial charge in [0.1, 0.15) is 5.56 Å². The lowest BCUT2D eigenvalue weighted by molar-refractivity contribution is -0.111. The van der Waals surface area contributed by atoms with E-state index in [0.717, 1.165) is 10.6 Å². The maximum atomic E-state index is 12.3.